The Bertz CT molecular complexity index is 1120. The number of hydrogen-bond donors (Lipinski definition) is 0. The number of carbonyl (C=O) groups excluding carboxylic acids is 1. The first-order valence-corrected chi connectivity index (χ1v) is 10.0. The highest BCUT2D eigenvalue weighted by atomic mass is 16.3. The van der Waals surface area contributed by atoms with Gasteiger partial charge in [-0.3, -0.25) is 4.79 Å². The summed E-state index contributed by atoms with van der Waals surface area (Å²) in [5, 5.41) is 3.31. The number of hydrogen-bond acceptors (Lipinski definition) is 2. The van der Waals surface area contributed by atoms with E-state index in [2.05, 4.69) is 42.5 Å². The van der Waals surface area contributed by atoms with Crippen molar-refractivity contribution < 1.29 is 9.21 Å². The van der Waals surface area contributed by atoms with Gasteiger partial charge in [0, 0.05) is 18.5 Å². The molecule has 1 aliphatic heterocycles. The van der Waals surface area contributed by atoms with Crippen molar-refractivity contribution in [1.82, 2.24) is 4.90 Å². The highest BCUT2D eigenvalue weighted by molar-refractivity contribution is 6.08. The van der Waals surface area contributed by atoms with Gasteiger partial charge in [0.2, 0.25) is 0 Å². The van der Waals surface area contributed by atoms with E-state index >= 15 is 0 Å². The lowest BCUT2D eigenvalue weighted by molar-refractivity contribution is 0.0661. The van der Waals surface area contributed by atoms with Crippen molar-refractivity contribution in [1.29, 1.82) is 0 Å². The van der Waals surface area contributed by atoms with Crippen LogP contribution < -0.4 is 0 Å². The maximum absolute atomic E-state index is 13.0. The standard InChI is InChI=1S/C25H23NO2/c27-25(26-14-12-19(13-15-26)16-18-6-2-1-3-7-18)24-17-22-21-9-5-4-8-20(21)10-11-23(22)28-24/h1-11,17,19H,12-16H2. The summed E-state index contributed by atoms with van der Waals surface area (Å²) in [5.41, 5.74) is 2.16. The number of piperidine rings is 1. The number of benzene rings is 3. The van der Waals surface area contributed by atoms with Crippen molar-refractivity contribution in [3.8, 4) is 0 Å². The molecule has 0 spiro atoms. The molecule has 1 aromatic heterocycles. The lowest BCUT2D eigenvalue weighted by Gasteiger charge is -2.31. The minimum Gasteiger partial charge on any atom is -0.451 e. The number of amides is 1. The molecular weight excluding hydrogens is 346 g/mol. The molecule has 0 atom stereocenters. The Balaban J connectivity index is 1.31. The highest BCUT2D eigenvalue weighted by Gasteiger charge is 2.26. The van der Waals surface area contributed by atoms with Crippen LogP contribution in [0.25, 0.3) is 21.7 Å². The van der Waals surface area contributed by atoms with Crippen LogP contribution in [0.2, 0.25) is 0 Å². The van der Waals surface area contributed by atoms with E-state index in [1.54, 1.807) is 0 Å². The van der Waals surface area contributed by atoms with Crippen LogP contribution in [0, 0.1) is 5.92 Å². The number of carbonyl (C=O) groups is 1. The van der Waals surface area contributed by atoms with E-state index in [1.807, 2.05) is 35.2 Å². The van der Waals surface area contributed by atoms with E-state index in [1.165, 1.54) is 5.56 Å². The zero-order valence-corrected chi connectivity index (χ0v) is 15.8. The van der Waals surface area contributed by atoms with Gasteiger partial charge >= 0.3 is 0 Å². The first kappa shape index (κ1) is 17.1. The average molecular weight is 369 g/mol. The number of nitrogens with zero attached hydrogens (tertiary/aromatic N) is 1. The molecule has 4 aromatic rings. The molecule has 1 fully saturated rings. The third kappa shape index (κ3) is 3.18. The lowest BCUT2D eigenvalue weighted by atomic mass is 9.90. The Morgan fingerprint density at radius 2 is 1.64 bits per heavy atom. The molecular formula is C25H23NO2. The quantitative estimate of drug-likeness (QED) is 0.465. The first-order chi connectivity index (χ1) is 13.8. The molecule has 1 saturated heterocycles. The van der Waals surface area contributed by atoms with Crippen molar-refractivity contribution in [2.75, 3.05) is 13.1 Å². The minimum atomic E-state index is 0.0124. The van der Waals surface area contributed by atoms with E-state index in [0.717, 1.165) is 54.1 Å². The van der Waals surface area contributed by atoms with E-state index < -0.39 is 0 Å². The maximum atomic E-state index is 13.0. The molecule has 0 saturated carbocycles. The monoisotopic (exact) mass is 369 g/mol. The predicted molar refractivity (Wildman–Crippen MR) is 112 cm³/mol. The average Bonchev–Trinajstić information content (AvgIpc) is 3.19. The first-order valence-electron chi connectivity index (χ1n) is 10.0. The summed E-state index contributed by atoms with van der Waals surface area (Å²) in [6.45, 7) is 1.60. The van der Waals surface area contributed by atoms with Gasteiger partial charge in [0.25, 0.3) is 5.91 Å². The molecule has 0 N–H and O–H groups in total. The summed E-state index contributed by atoms with van der Waals surface area (Å²) < 4.78 is 5.92. The topological polar surface area (TPSA) is 33.5 Å². The van der Waals surface area contributed by atoms with E-state index in [9.17, 15) is 4.79 Å². The molecule has 0 aliphatic carbocycles. The van der Waals surface area contributed by atoms with Crippen LogP contribution >= 0.6 is 0 Å². The third-order valence-corrected chi connectivity index (χ3v) is 5.91. The summed E-state index contributed by atoms with van der Waals surface area (Å²) >= 11 is 0. The molecule has 5 rings (SSSR count). The number of furan rings is 1. The molecule has 1 aliphatic rings. The molecule has 3 aromatic carbocycles. The zero-order chi connectivity index (χ0) is 18.9. The smallest absolute Gasteiger partial charge is 0.289 e. The number of fused-ring (bicyclic) bond motifs is 3. The number of rotatable bonds is 3. The van der Waals surface area contributed by atoms with Gasteiger partial charge < -0.3 is 9.32 Å². The molecule has 28 heavy (non-hydrogen) atoms. The van der Waals surface area contributed by atoms with Crippen LogP contribution in [-0.2, 0) is 6.42 Å². The molecule has 140 valence electrons. The molecule has 3 nitrogen and oxygen atoms in total. The normalized spacial score (nSPS) is 15.4. The fourth-order valence-electron chi connectivity index (χ4n) is 4.34. The summed E-state index contributed by atoms with van der Waals surface area (Å²) in [4.78, 5) is 14.9. The Morgan fingerprint density at radius 1 is 0.893 bits per heavy atom. The summed E-state index contributed by atoms with van der Waals surface area (Å²) in [5.74, 6) is 1.11. The summed E-state index contributed by atoms with van der Waals surface area (Å²) in [6.07, 6.45) is 3.19. The largest absolute Gasteiger partial charge is 0.451 e. The van der Waals surface area contributed by atoms with Gasteiger partial charge in [-0.25, -0.2) is 0 Å². The maximum Gasteiger partial charge on any atom is 0.289 e. The van der Waals surface area contributed by atoms with Gasteiger partial charge in [-0.15, -0.1) is 0 Å². The molecule has 2 heterocycles. The van der Waals surface area contributed by atoms with Gasteiger partial charge in [-0.2, -0.15) is 0 Å². The summed E-state index contributed by atoms with van der Waals surface area (Å²) in [6, 6.07) is 24.8. The SMILES string of the molecule is O=C(c1cc2c(ccc3ccccc32)o1)N1CCC(Cc2ccccc2)CC1. The van der Waals surface area contributed by atoms with Gasteiger partial charge in [-0.05, 0) is 53.6 Å². The van der Waals surface area contributed by atoms with Gasteiger partial charge in [-0.1, -0.05) is 60.7 Å². The van der Waals surface area contributed by atoms with Crippen molar-refractivity contribution in [2.24, 2.45) is 5.92 Å². The van der Waals surface area contributed by atoms with Gasteiger partial charge in [0.05, 0.1) is 0 Å². The lowest BCUT2D eigenvalue weighted by Crippen LogP contribution is -2.38. The van der Waals surface area contributed by atoms with Crippen LogP contribution in [-0.4, -0.2) is 23.9 Å². The molecule has 3 heteroatoms. The second-order valence-corrected chi connectivity index (χ2v) is 7.73. The zero-order valence-electron chi connectivity index (χ0n) is 15.8. The third-order valence-electron chi connectivity index (χ3n) is 5.91. The fraction of sp³-hybridized carbons (Fsp3) is 0.240. The fourth-order valence-corrected chi connectivity index (χ4v) is 4.34. The van der Waals surface area contributed by atoms with Crippen LogP contribution in [0.15, 0.2) is 77.2 Å². The van der Waals surface area contributed by atoms with E-state index in [0.29, 0.717) is 11.7 Å². The number of likely N-dealkylation sites (tertiary alicyclic amines) is 1. The van der Waals surface area contributed by atoms with E-state index in [4.69, 9.17) is 4.42 Å². The second-order valence-electron chi connectivity index (χ2n) is 7.73. The van der Waals surface area contributed by atoms with Crippen molar-refractivity contribution in [2.45, 2.75) is 19.3 Å². The summed E-state index contributed by atoms with van der Waals surface area (Å²) in [7, 11) is 0. The molecule has 1 amide bonds. The highest BCUT2D eigenvalue weighted by Crippen LogP contribution is 2.29. The van der Waals surface area contributed by atoms with Gasteiger partial charge in [0.15, 0.2) is 5.76 Å². The Labute approximate surface area is 164 Å². The minimum absolute atomic E-state index is 0.0124. The predicted octanol–water partition coefficient (Wildman–Crippen LogP) is 5.68. The Morgan fingerprint density at radius 3 is 2.46 bits per heavy atom. The van der Waals surface area contributed by atoms with Gasteiger partial charge in [0.1, 0.15) is 5.58 Å². The van der Waals surface area contributed by atoms with Crippen molar-refractivity contribution in [3.05, 3.63) is 84.1 Å². The van der Waals surface area contributed by atoms with Crippen LogP contribution in [0.4, 0.5) is 0 Å². The molecule has 0 radical (unpaired) electrons. The molecule has 0 unspecified atom stereocenters. The van der Waals surface area contributed by atoms with Crippen molar-refractivity contribution in [3.63, 3.8) is 0 Å². The van der Waals surface area contributed by atoms with Crippen LogP contribution in [0.1, 0.15) is 29.0 Å². The molecule has 0 bridgehead atoms. The van der Waals surface area contributed by atoms with Crippen molar-refractivity contribution >= 4 is 27.6 Å². The second kappa shape index (κ2) is 7.16. The Hall–Kier alpha value is -3.07. The van der Waals surface area contributed by atoms with Crippen LogP contribution in [0.5, 0.6) is 0 Å². The van der Waals surface area contributed by atoms with E-state index in [-0.39, 0.29) is 5.91 Å². The van der Waals surface area contributed by atoms with Crippen LogP contribution in [0.3, 0.4) is 0 Å². The Kier molecular flexibility index (Phi) is 4.36.